The van der Waals surface area contributed by atoms with Gasteiger partial charge in [-0.15, -0.1) is 0 Å². The van der Waals surface area contributed by atoms with Crippen molar-refractivity contribution in [1.82, 2.24) is 5.32 Å². The fourth-order valence-corrected chi connectivity index (χ4v) is 3.26. The number of nitrogens with one attached hydrogen (secondary N) is 1. The van der Waals surface area contributed by atoms with Crippen LogP contribution in [0.25, 0.3) is 0 Å². The van der Waals surface area contributed by atoms with Gasteiger partial charge in [0, 0.05) is 19.3 Å². The predicted molar refractivity (Wildman–Crippen MR) is 107 cm³/mol. The van der Waals surface area contributed by atoms with E-state index in [-0.39, 0.29) is 17.3 Å². The molecule has 0 radical (unpaired) electrons. The van der Waals surface area contributed by atoms with Crippen molar-refractivity contribution in [2.45, 2.75) is 17.9 Å². The molecule has 28 heavy (non-hydrogen) atoms. The zero-order valence-corrected chi connectivity index (χ0v) is 17.2. The molecule has 1 unspecified atom stereocenters. The van der Waals surface area contributed by atoms with E-state index in [4.69, 9.17) is 14.2 Å². The van der Waals surface area contributed by atoms with Gasteiger partial charge in [0.1, 0.15) is 41.5 Å². The van der Waals surface area contributed by atoms with Gasteiger partial charge >= 0.3 is 0 Å². The summed E-state index contributed by atoms with van der Waals surface area (Å²) in [7, 11) is -1.79. The summed E-state index contributed by atoms with van der Waals surface area (Å²) in [6.07, 6.45) is 0.347. The molecule has 154 valence electrons. The van der Waals surface area contributed by atoms with Gasteiger partial charge in [-0.05, 0) is 48.9 Å². The molecule has 0 saturated heterocycles. The van der Waals surface area contributed by atoms with Gasteiger partial charge in [0.2, 0.25) is 0 Å². The van der Waals surface area contributed by atoms with Gasteiger partial charge in [0.05, 0.1) is 7.11 Å². The molecule has 1 atom stereocenters. The molecule has 0 aliphatic heterocycles. The van der Waals surface area contributed by atoms with Gasteiger partial charge in [-0.1, -0.05) is 6.07 Å². The SMILES string of the molecule is COc1ccc(OCCNCC(O)COc2cc(C)ccc2S(C)(=O)=O)cc1. The van der Waals surface area contributed by atoms with Crippen LogP contribution in [0.4, 0.5) is 0 Å². The second-order valence-electron chi connectivity index (χ2n) is 6.42. The van der Waals surface area contributed by atoms with Crippen molar-refractivity contribution in [3.05, 3.63) is 48.0 Å². The van der Waals surface area contributed by atoms with Crippen molar-refractivity contribution in [3.63, 3.8) is 0 Å². The van der Waals surface area contributed by atoms with E-state index < -0.39 is 15.9 Å². The highest BCUT2D eigenvalue weighted by Gasteiger charge is 2.16. The van der Waals surface area contributed by atoms with E-state index in [0.717, 1.165) is 23.3 Å². The number of hydrogen-bond acceptors (Lipinski definition) is 7. The van der Waals surface area contributed by atoms with Gasteiger partial charge in [0.25, 0.3) is 0 Å². The van der Waals surface area contributed by atoms with Crippen LogP contribution in [0, 0.1) is 6.92 Å². The van der Waals surface area contributed by atoms with E-state index in [9.17, 15) is 13.5 Å². The van der Waals surface area contributed by atoms with Crippen molar-refractivity contribution >= 4 is 9.84 Å². The molecule has 0 heterocycles. The number of sulfone groups is 1. The van der Waals surface area contributed by atoms with Crippen LogP contribution in [0.2, 0.25) is 0 Å². The Hall–Kier alpha value is -2.29. The lowest BCUT2D eigenvalue weighted by atomic mass is 10.2. The summed E-state index contributed by atoms with van der Waals surface area (Å²) >= 11 is 0. The van der Waals surface area contributed by atoms with Crippen LogP contribution in [-0.2, 0) is 9.84 Å². The minimum absolute atomic E-state index is 0.0156. The standard InChI is InChI=1S/C20H27NO6S/c1-15-4-9-20(28(3,23)24)19(12-15)27-14-16(22)13-21-10-11-26-18-7-5-17(25-2)6-8-18/h4-9,12,16,21-22H,10-11,13-14H2,1-3H3. The summed E-state index contributed by atoms with van der Waals surface area (Å²) in [6, 6.07) is 12.2. The molecule has 0 saturated carbocycles. The molecule has 0 spiro atoms. The van der Waals surface area contributed by atoms with Gasteiger partial charge in [-0.3, -0.25) is 0 Å². The number of aliphatic hydroxyl groups is 1. The Morgan fingerprint density at radius 3 is 2.39 bits per heavy atom. The molecular weight excluding hydrogens is 382 g/mol. The quantitative estimate of drug-likeness (QED) is 0.547. The van der Waals surface area contributed by atoms with Crippen LogP contribution in [0.15, 0.2) is 47.4 Å². The van der Waals surface area contributed by atoms with E-state index in [0.29, 0.717) is 19.7 Å². The van der Waals surface area contributed by atoms with Crippen molar-refractivity contribution in [2.75, 3.05) is 39.7 Å². The minimum atomic E-state index is -3.40. The molecule has 0 aromatic heterocycles. The van der Waals surface area contributed by atoms with Gasteiger partial charge in [-0.2, -0.15) is 0 Å². The Bertz CT molecular complexity index is 851. The summed E-state index contributed by atoms with van der Waals surface area (Å²) in [4.78, 5) is 0.117. The number of ether oxygens (including phenoxy) is 3. The summed E-state index contributed by atoms with van der Waals surface area (Å²) in [6.45, 7) is 3.11. The Balaban J connectivity index is 1.71. The number of aryl methyl sites for hydroxylation is 1. The van der Waals surface area contributed by atoms with Gasteiger partial charge in [0.15, 0.2) is 9.84 Å². The Morgan fingerprint density at radius 1 is 1.07 bits per heavy atom. The van der Waals surface area contributed by atoms with E-state index in [1.807, 2.05) is 31.2 Å². The number of aliphatic hydroxyl groups excluding tert-OH is 1. The summed E-state index contributed by atoms with van der Waals surface area (Å²) in [5, 5.41) is 13.1. The molecular formula is C20H27NO6S. The van der Waals surface area contributed by atoms with E-state index >= 15 is 0 Å². The van der Waals surface area contributed by atoms with Crippen LogP contribution < -0.4 is 19.5 Å². The fraction of sp³-hybridized carbons (Fsp3) is 0.400. The first kappa shape index (κ1) is 22.0. The lowest BCUT2D eigenvalue weighted by Gasteiger charge is -2.16. The molecule has 2 aromatic carbocycles. The Kier molecular flexibility index (Phi) is 8.10. The third-order valence-corrected chi connectivity index (χ3v) is 5.05. The second-order valence-corrected chi connectivity index (χ2v) is 8.40. The van der Waals surface area contributed by atoms with Crippen LogP contribution in [-0.4, -0.2) is 59.3 Å². The smallest absolute Gasteiger partial charge is 0.179 e. The minimum Gasteiger partial charge on any atom is -0.497 e. The van der Waals surface area contributed by atoms with Crippen molar-refractivity contribution < 1.29 is 27.7 Å². The monoisotopic (exact) mass is 409 g/mol. The molecule has 8 heteroatoms. The number of hydrogen-bond donors (Lipinski definition) is 2. The highest BCUT2D eigenvalue weighted by Crippen LogP contribution is 2.25. The van der Waals surface area contributed by atoms with Crippen LogP contribution in [0.3, 0.4) is 0 Å². The average molecular weight is 410 g/mol. The lowest BCUT2D eigenvalue weighted by Crippen LogP contribution is -2.33. The first-order valence-electron chi connectivity index (χ1n) is 8.88. The first-order chi connectivity index (χ1) is 13.3. The molecule has 2 rings (SSSR count). The number of methoxy groups -OCH3 is 1. The van der Waals surface area contributed by atoms with Crippen molar-refractivity contribution in [1.29, 1.82) is 0 Å². The summed E-state index contributed by atoms with van der Waals surface area (Å²) in [5.74, 6) is 1.75. The summed E-state index contributed by atoms with van der Waals surface area (Å²) in [5.41, 5.74) is 0.880. The van der Waals surface area contributed by atoms with Crippen LogP contribution >= 0.6 is 0 Å². The highest BCUT2D eigenvalue weighted by molar-refractivity contribution is 7.90. The van der Waals surface area contributed by atoms with Gasteiger partial charge in [-0.25, -0.2) is 8.42 Å². The molecule has 0 fully saturated rings. The predicted octanol–water partition coefficient (Wildman–Crippen LogP) is 1.82. The van der Waals surface area contributed by atoms with E-state index in [1.54, 1.807) is 19.2 Å². The summed E-state index contributed by atoms with van der Waals surface area (Å²) < 4.78 is 39.9. The molecule has 0 aliphatic rings. The van der Waals surface area contributed by atoms with Crippen LogP contribution in [0.1, 0.15) is 5.56 Å². The Labute approximate surface area is 166 Å². The number of benzene rings is 2. The molecule has 7 nitrogen and oxygen atoms in total. The molecule has 0 aliphatic carbocycles. The molecule has 0 bridgehead atoms. The Morgan fingerprint density at radius 2 is 1.75 bits per heavy atom. The zero-order valence-electron chi connectivity index (χ0n) is 16.3. The second kappa shape index (κ2) is 10.3. The van der Waals surface area contributed by atoms with Crippen molar-refractivity contribution in [3.8, 4) is 17.2 Å². The van der Waals surface area contributed by atoms with Crippen molar-refractivity contribution in [2.24, 2.45) is 0 Å². The van der Waals surface area contributed by atoms with E-state index in [1.165, 1.54) is 6.07 Å². The zero-order chi connectivity index (χ0) is 20.6. The largest absolute Gasteiger partial charge is 0.497 e. The van der Waals surface area contributed by atoms with E-state index in [2.05, 4.69) is 5.32 Å². The first-order valence-corrected chi connectivity index (χ1v) is 10.8. The maximum Gasteiger partial charge on any atom is 0.179 e. The maximum absolute atomic E-state index is 11.8. The van der Waals surface area contributed by atoms with Gasteiger partial charge < -0.3 is 24.6 Å². The third kappa shape index (κ3) is 7.03. The molecule has 0 amide bonds. The molecule has 2 N–H and O–H groups in total. The maximum atomic E-state index is 11.8. The molecule has 2 aromatic rings. The highest BCUT2D eigenvalue weighted by atomic mass is 32.2. The number of rotatable bonds is 11. The normalized spacial score (nSPS) is 12.4. The fourth-order valence-electron chi connectivity index (χ4n) is 2.46. The average Bonchev–Trinajstić information content (AvgIpc) is 2.65. The lowest BCUT2D eigenvalue weighted by molar-refractivity contribution is 0.104. The third-order valence-electron chi connectivity index (χ3n) is 3.92. The van der Waals surface area contributed by atoms with Crippen LogP contribution in [0.5, 0.6) is 17.2 Å². The topological polar surface area (TPSA) is 94.1 Å².